The van der Waals surface area contributed by atoms with Crippen LogP contribution >= 0.6 is 0 Å². The lowest BCUT2D eigenvalue weighted by Gasteiger charge is -2.30. The van der Waals surface area contributed by atoms with Crippen LogP contribution < -0.4 is 10.7 Å². The average Bonchev–Trinajstić information content (AvgIpc) is 2.53. The number of rotatable bonds is 1. The second-order valence-electron chi connectivity index (χ2n) is 3.40. The summed E-state index contributed by atoms with van der Waals surface area (Å²) in [5.41, 5.74) is 3.13. The smallest absolute Gasteiger partial charge is 0.238 e. The second-order valence-corrected chi connectivity index (χ2v) is 3.40. The van der Waals surface area contributed by atoms with Crippen LogP contribution in [0.5, 0.6) is 0 Å². The predicted octanol–water partition coefficient (Wildman–Crippen LogP) is -0.525. The fourth-order valence-corrected chi connectivity index (χ4v) is 1.89. The molecule has 0 unspecified atom stereocenters. The molecule has 0 aromatic carbocycles. The highest BCUT2D eigenvalue weighted by Gasteiger charge is 2.28. The third-order valence-electron chi connectivity index (χ3n) is 2.56. The van der Waals surface area contributed by atoms with Crippen molar-refractivity contribution in [3.05, 3.63) is 0 Å². The molecule has 12 heavy (non-hydrogen) atoms. The van der Waals surface area contributed by atoms with E-state index in [0.717, 1.165) is 32.5 Å². The highest BCUT2D eigenvalue weighted by molar-refractivity contribution is 5.77. The first kappa shape index (κ1) is 8.01. The third-order valence-corrected chi connectivity index (χ3v) is 2.56. The van der Waals surface area contributed by atoms with Crippen molar-refractivity contribution in [3.63, 3.8) is 0 Å². The Bertz CT molecular complexity index is 177. The molecule has 2 N–H and O–H groups in total. The van der Waals surface area contributed by atoms with Crippen LogP contribution in [0.3, 0.4) is 0 Å². The maximum Gasteiger partial charge on any atom is 0.238 e. The van der Waals surface area contributed by atoms with Crippen LogP contribution in [0.15, 0.2) is 0 Å². The standard InChI is InChI=1S/C8H15N3O/c12-8-3-6-10-11(8)7-1-4-9-5-2-7/h7,9-10H,1-6H2. The Morgan fingerprint density at radius 1 is 1.25 bits per heavy atom. The number of hydrazine groups is 1. The van der Waals surface area contributed by atoms with Gasteiger partial charge in [0.1, 0.15) is 0 Å². The highest BCUT2D eigenvalue weighted by atomic mass is 16.2. The average molecular weight is 169 g/mol. The summed E-state index contributed by atoms with van der Waals surface area (Å²) in [5.74, 6) is 0.266. The third kappa shape index (κ3) is 1.44. The number of hydrogen-bond donors (Lipinski definition) is 2. The zero-order valence-corrected chi connectivity index (χ0v) is 7.18. The van der Waals surface area contributed by atoms with Gasteiger partial charge in [-0.3, -0.25) is 9.80 Å². The summed E-state index contributed by atoms with van der Waals surface area (Å²) < 4.78 is 0. The Morgan fingerprint density at radius 3 is 2.58 bits per heavy atom. The summed E-state index contributed by atoms with van der Waals surface area (Å²) in [6.07, 6.45) is 2.83. The minimum Gasteiger partial charge on any atom is -0.317 e. The van der Waals surface area contributed by atoms with E-state index in [9.17, 15) is 4.79 Å². The molecule has 2 fully saturated rings. The number of nitrogens with zero attached hydrogens (tertiary/aromatic N) is 1. The van der Waals surface area contributed by atoms with Crippen LogP contribution in [0.2, 0.25) is 0 Å². The molecule has 2 aliphatic rings. The van der Waals surface area contributed by atoms with E-state index < -0.39 is 0 Å². The fraction of sp³-hybridized carbons (Fsp3) is 0.875. The van der Waals surface area contributed by atoms with E-state index in [1.54, 1.807) is 0 Å². The lowest BCUT2D eigenvalue weighted by atomic mass is 10.1. The van der Waals surface area contributed by atoms with Gasteiger partial charge in [0.15, 0.2) is 0 Å². The molecule has 1 amide bonds. The number of carbonyl (C=O) groups excluding carboxylic acids is 1. The van der Waals surface area contributed by atoms with E-state index in [1.807, 2.05) is 5.01 Å². The van der Waals surface area contributed by atoms with E-state index in [2.05, 4.69) is 10.7 Å². The molecule has 2 rings (SSSR count). The van der Waals surface area contributed by atoms with Crippen molar-refractivity contribution in [1.29, 1.82) is 0 Å². The lowest BCUT2D eigenvalue weighted by Crippen LogP contribution is -2.48. The lowest BCUT2D eigenvalue weighted by molar-refractivity contribution is -0.132. The van der Waals surface area contributed by atoms with Gasteiger partial charge in [-0.25, -0.2) is 5.43 Å². The van der Waals surface area contributed by atoms with Crippen molar-refractivity contribution in [2.75, 3.05) is 19.6 Å². The Balaban J connectivity index is 1.93. The zero-order chi connectivity index (χ0) is 8.39. The summed E-state index contributed by atoms with van der Waals surface area (Å²) in [6, 6.07) is 0.432. The molecule has 2 aliphatic heterocycles. The molecule has 0 radical (unpaired) electrons. The van der Waals surface area contributed by atoms with Gasteiger partial charge in [-0.15, -0.1) is 0 Å². The Hall–Kier alpha value is -0.610. The molecule has 0 spiro atoms. The fourth-order valence-electron chi connectivity index (χ4n) is 1.89. The van der Waals surface area contributed by atoms with E-state index >= 15 is 0 Å². The Morgan fingerprint density at radius 2 is 2.00 bits per heavy atom. The van der Waals surface area contributed by atoms with Crippen molar-refractivity contribution in [1.82, 2.24) is 15.8 Å². The van der Waals surface area contributed by atoms with Crippen molar-refractivity contribution >= 4 is 5.91 Å². The van der Waals surface area contributed by atoms with Crippen molar-refractivity contribution in [3.8, 4) is 0 Å². The molecular formula is C8H15N3O. The number of amides is 1. The first-order valence-corrected chi connectivity index (χ1v) is 4.64. The molecule has 0 aromatic rings. The van der Waals surface area contributed by atoms with Crippen LogP contribution in [0.4, 0.5) is 0 Å². The van der Waals surface area contributed by atoms with Gasteiger partial charge in [-0.05, 0) is 25.9 Å². The number of piperidine rings is 1. The minimum atomic E-state index is 0.266. The van der Waals surface area contributed by atoms with Gasteiger partial charge < -0.3 is 5.32 Å². The SMILES string of the molecule is O=C1CCNN1C1CCNCC1. The summed E-state index contributed by atoms with van der Waals surface area (Å²) in [7, 11) is 0. The molecule has 0 aromatic heterocycles. The van der Waals surface area contributed by atoms with E-state index in [0.29, 0.717) is 12.5 Å². The molecular weight excluding hydrogens is 154 g/mol. The molecule has 0 aliphatic carbocycles. The van der Waals surface area contributed by atoms with Crippen LogP contribution in [-0.4, -0.2) is 36.6 Å². The molecule has 0 saturated carbocycles. The molecule has 68 valence electrons. The number of nitrogens with one attached hydrogen (secondary N) is 2. The van der Waals surface area contributed by atoms with E-state index in [1.165, 1.54) is 0 Å². The summed E-state index contributed by atoms with van der Waals surface area (Å²) in [6.45, 7) is 2.90. The van der Waals surface area contributed by atoms with Gasteiger partial charge in [0.05, 0.1) is 6.04 Å². The Kier molecular flexibility index (Phi) is 2.28. The molecule has 2 saturated heterocycles. The topological polar surface area (TPSA) is 44.4 Å². The maximum absolute atomic E-state index is 11.3. The minimum absolute atomic E-state index is 0.266. The molecule has 2 heterocycles. The zero-order valence-electron chi connectivity index (χ0n) is 7.18. The Labute approximate surface area is 72.3 Å². The van der Waals surface area contributed by atoms with Crippen LogP contribution in [0, 0.1) is 0 Å². The first-order valence-electron chi connectivity index (χ1n) is 4.64. The van der Waals surface area contributed by atoms with E-state index in [-0.39, 0.29) is 5.91 Å². The highest BCUT2D eigenvalue weighted by Crippen LogP contribution is 2.13. The van der Waals surface area contributed by atoms with Crippen molar-refractivity contribution < 1.29 is 4.79 Å². The monoisotopic (exact) mass is 169 g/mol. The predicted molar refractivity (Wildman–Crippen MR) is 45.4 cm³/mol. The van der Waals surface area contributed by atoms with Gasteiger partial charge in [0.25, 0.3) is 0 Å². The van der Waals surface area contributed by atoms with Gasteiger partial charge >= 0.3 is 0 Å². The van der Waals surface area contributed by atoms with Gasteiger partial charge in [0, 0.05) is 13.0 Å². The van der Waals surface area contributed by atoms with Gasteiger partial charge in [-0.2, -0.15) is 0 Å². The summed E-state index contributed by atoms with van der Waals surface area (Å²) in [4.78, 5) is 11.3. The maximum atomic E-state index is 11.3. The van der Waals surface area contributed by atoms with Gasteiger partial charge in [-0.1, -0.05) is 0 Å². The molecule has 4 heteroatoms. The first-order chi connectivity index (χ1) is 5.88. The second kappa shape index (κ2) is 3.41. The summed E-state index contributed by atoms with van der Waals surface area (Å²) in [5, 5.41) is 5.12. The quantitative estimate of drug-likeness (QED) is 0.555. The van der Waals surface area contributed by atoms with Crippen LogP contribution in [0.25, 0.3) is 0 Å². The largest absolute Gasteiger partial charge is 0.317 e. The van der Waals surface area contributed by atoms with Crippen molar-refractivity contribution in [2.24, 2.45) is 0 Å². The van der Waals surface area contributed by atoms with Crippen LogP contribution in [0.1, 0.15) is 19.3 Å². The van der Waals surface area contributed by atoms with Crippen molar-refractivity contribution in [2.45, 2.75) is 25.3 Å². The molecule has 0 atom stereocenters. The van der Waals surface area contributed by atoms with Crippen LogP contribution in [-0.2, 0) is 4.79 Å². The van der Waals surface area contributed by atoms with Gasteiger partial charge in [0.2, 0.25) is 5.91 Å². The molecule has 4 nitrogen and oxygen atoms in total. The normalized spacial score (nSPS) is 26.7. The number of hydrogen-bond acceptors (Lipinski definition) is 3. The van der Waals surface area contributed by atoms with E-state index in [4.69, 9.17) is 0 Å². The summed E-state index contributed by atoms with van der Waals surface area (Å²) >= 11 is 0. The number of carbonyl (C=O) groups is 1. The molecule has 0 bridgehead atoms.